The number of methoxy groups -OCH3 is 1. The van der Waals surface area contributed by atoms with Gasteiger partial charge in [0.15, 0.2) is 0 Å². The van der Waals surface area contributed by atoms with Gasteiger partial charge in [0.05, 0.1) is 12.7 Å². The van der Waals surface area contributed by atoms with Gasteiger partial charge in [-0.1, -0.05) is 0 Å². The number of alkyl halides is 2. The van der Waals surface area contributed by atoms with Gasteiger partial charge in [-0.15, -0.1) is 0 Å². The van der Waals surface area contributed by atoms with Gasteiger partial charge in [0, 0.05) is 12.2 Å². The third kappa shape index (κ3) is 3.56. The van der Waals surface area contributed by atoms with Crippen molar-refractivity contribution in [3.63, 3.8) is 0 Å². The molecule has 18 heavy (non-hydrogen) atoms. The normalized spacial score (nSPS) is 12.3. The summed E-state index contributed by atoms with van der Waals surface area (Å²) in [6.45, 7) is -0.548. The molecule has 0 saturated heterocycles. The van der Waals surface area contributed by atoms with Crippen molar-refractivity contribution < 1.29 is 23.4 Å². The lowest BCUT2D eigenvalue weighted by Gasteiger charge is -2.12. The van der Waals surface area contributed by atoms with Crippen molar-refractivity contribution in [2.24, 2.45) is 0 Å². The van der Waals surface area contributed by atoms with E-state index in [9.17, 15) is 13.6 Å². The smallest absolute Gasteiger partial charge is 0.265 e. The number of benzene rings is 1. The molecule has 100 valence electrons. The van der Waals surface area contributed by atoms with Crippen molar-refractivity contribution >= 4 is 11.6 Å². The summed E-state index contributed by atoms with van der Waals surface area (Å²) >= 11 is 0. The number of hydrogen-bond donors (Lipinski definition) is 3. The Morgan fingerprint density at radius 1 is 1.56 bits per heavy atom. The number of nitrogens with two attached hydrogens (primary N) is 1. The van der Waals surface area contributed by atoms with Crippen LogP contribution in [0.25, 0.3) is 0 Å². The van der Waals surface area contributed by atoms with Crippen molar-refractivity contribution in [3.05, 3.63) is 23.8 Å². The first kappa shape index (κ1) is 14.2. The number of aliphatic hydroxyl groups is 1. The quantitative estimate of drug-likeness (QED) is 0.678. The second-order valence-corrected chi connectivity index (χ2v) is 3.57. The Morgan fingerprint density at radius 2 is 2.22 bits per heavy atom. The Kier molecular flexibility index (Phi) is 4.85. The van der Waals surface area contributed by atoms with E-state index >= 15 is 0 Å². The van der Waals surface area contributed by atoms with Crippen LogP contribution in [0.15, 0.2) is 18.2 Å². The van der Waals surface area contributed by atoms with Gasteiger partial charge in [-0.2, -0.15) is 0 Å². The summed E-state index contributed by atoms with van der Waals surface area (Å²) in [5, 5.41) is 11.0. The molecule has 1 unspecified atom stereocenters. The van der Waals surface area contributed by atoms with E-state index in [2.05, 4.69) is 5.32 Å². The molecule has 0 heterocycles. The van der Waals surface area contributed by atoms with Crippen LogP contribution in [0, 0.1) is 0 Å². The summed E-state index contributed by atoms with van der Waals surface area (Å²) in [6.07, 6.45) is -4.81. The number of nitrogen functional groups attached to an aromatic ring is 1. The fourth-order valence-corrected chi connectivity index (χ4v) is 1.24. The van der Waals surface area contributed by atoms with Crippen molar-refractivity contribution in [2.45, 2.75) is 12.5 Å². The molecule has 0 aliphatic rings. The molecule has 0 spiro atoms. The maximum absolute atomic E-state index is 12.0. The van der Waals surface area contributed by atoms with E-state index in [1.165, 1.54) is 19.2 Å². The Balaban J connectivity index is 2.72. The summed E-state index contributed by atoms with van der Waals surface area (Å²) in [6, 6.07) is 4.43. The molecule has 0 aliphatic carbocycles. The number of hydrogen-bond acceptors (Lipinski definition) is 4. The highest BCUT2D eigenvalue weighted by molar-refractivity contribution is 5.99. The highest BCUT2D eigenvalue weighted by atomic mass is 19.3. The van der Waals surface area contributed by atoms with Crippen LogP contribution in [0.5, 0.6) is 5.75 Å². The lowest BCUT2D eigenvalue weighted by Crippen LogP contribution is -2.36. The highest BCUT2D eigenvalue weighted by Crippen LogP contribution is 2.19. The summed E-state index contributed by atoms with van der Waals surface area (Å²) in [5.41, 5.74) is 5.89. The zero-order valence-corrected chi connectivity index (χ0v) is 9.69. The van der Waals surface area contributed by atoms with Crippen LogP contribution in [0.4, 0.5) is 14.5 Å². The number of carbonyl (C=O) groups excluding carboxylic acids is 1. The third-order valence-corrected chi connectivity index (χ3v) is 2.27. The summed E-state index contributed by atoms with van der Waals surface area (Å²) in [4.78, 5) is 11.7. The zero-order chi connectivity index (χ0) is 13.7. The lowest BCUT2D eigenvalue weighted by atomic mass is 10.1. The molecular weight excluding hydrogens is 246 g/mol. The average Bonchev–Trinajstić information content (AvgIpc) is 2.35. The van der Waals surface area contributed by atoms with Crippen LogP contribution in [0.3, 0.4) is 0 Å². The third-order valence-electron chi connectivity index (χ3n) is 2.27. The first-order valence-corrected chi connectivity index (χ1v) is 5.13. The number of halogens is 2. The van der Waals surface area contributed by atoms with Crippen LogP contribution < -0.4 is 15.8 Å². The van der Waals surface area contributed by atoms with Gasteiger partial charge < -0.3 is 20.9 Å². The van der Waals surface area contributed by atoms with Crippen LogP contribution >= 0.6 is 0 Å². The van der Waals surface area contributed by atoms with Gasteiger partial charge in [0.1, 0.15) is 11.9 Å². The molecule has 1 rings (SSSR count). The second-order valence-electron chi connectivity index (χ2n) is 3.57. The van der Waals surface area contributed by atoms with Crippen molar-refractivity contribution in [2.75, 3.05) is 19.4 Å². The minimum Gasteiger partial charge on any atom is -0.497 e. The molecule has 1 aromatic carbocycles. The van der Waals surface area contributed by atoms with Gasteiger partial charge in [-0.05, 0) is 18.2 Å². The van der Waals surface area contributed by atoms with Crippen LogP contribution in [0.2, 0.25) is 0 Å². The highest BCUT2D eigenvalue weighted by Gasteiger charge is 2.18. The lowest BCUT2D eigenvalue weighted by molar-refractivity contribution is -0.00269. The monoisotopic (exact) mass is 260 g/mol. The summed E-state index contributed by atoms with van der Waals surface area (Å²) in [5.74, 6) is -0.227. The molecule has 0 radical (unpaired) electrons. The van der Waals surface area contributed by atoms with E-state index in [0.29, 0.717) is 5.75 Å². The fourth-order valence-electron chi connectivity index (χ4n) is 1.24. The predicted octanol–water partition coefficient (Wildman–Crippen LogP) is 0.633. The summed E-state index contributed by atoms with van der Waals surface area (Å²) in [7, 11) is 1.42. The average molecular weight is 260 g/mol. The van der Waals surface area contributed by atoms with Crippen LogP contribution in [-0.2, 0) is 0 Å². The Labute approximate surface area is 103 Å². The van der Waals surface area contributed by atoms with Gasteiger partial charge >= 0.3 is 0 Å². The minimum atomic E-state index is -2.91. The van der Waals surface area contributed by atoms with Crippen molar-refractivity contribution in [3.8, 4) is 5.75 Å². The van der Waals surface area contributed by atoms with E-state index in [1.54, 1.807) is 6.07 Å². The van der Waals surface area contributed by atoms with E-state index in [-0.39, 0.29) is 11.3 Å². The molecule has 0 saturated carbocycles. The first-order chi connectivity index (χ1) is 8.45. The topological polar surface area (TPSA) is 84.6 Å². The Bertz CT molecular complexity index is 427. The Hall–Kier alpha value is -1.89. The van der Waals surface area contributed by atoms with E-state index in [4.69, 9.17) is 15.6 Å². The number of anilines is 1. The molecule has 0 bridgehead atoms. The standard InChI is InChI=1S/C11H14F2N2O3/c1-18-6-2-3-8(14)7(4-6)11(17)15-5-9(16)10(12)13/h2-4,9-10,16H,5,14H2,1H3,(H,15,17). The van der Waals surface area contributed by atoms with Crippen LogP contribution in [0.1, 0.15) is 10.4 Å². The van der Waals surface area contributed by atoms with Gasteiger partial charge in [0.25, 0.3) is 12.3 Å². The molecule has 7 heteroatoms. The SMILES string of the molecule is COc1ccc(N)c(C(=O)NCC(O)C(F)F)c1. The molecule has 4 N–H and O–H groups in total. The second kappa shape index (κ2) is 6.15. The molecule has 0 fully saturated rings. The van der Waals surface area contributed by atoms with E-state index < -0.39 is 25.0 Å². The number of amides is 1. The van der Waals surface area contributed by atoms with Crippen LogP contribution in [-0.4, -0.2) is 37.2 Å². The fraction of sp³-hybridized carbons (Fsp3) is 0.364. The number of nitrogens with one attached hydrogen (secondary N) is 1. The van der Waals surface area contributed by atoms with Crippen molar-refractivity contribution in [1.82, 2.24) is 5.32 Å². The van der Waals surface area contributed by atoms with E-state index in [0.717, 1.165) is 0 Å². The largest absolute Gasteiger partial charge is 0.497 e. The molecule has 1 aromatic rings. The van der Waals surface area contributed by atoms with Gasteiger partial charge in [0.2, 0.25) is 0 Å². The maximum Gasteiger partial charge on any atom is 0.265 e. The molecule has 0 aliphatic heterocycles. The number of aliphatic hydroxyl groups excluding tert-OH is 1. The van der Waals surface area contributed by atoms with Gasteiger partial charge in [-0.25, -0.2) is 8.78 Å². The maximum atomic E-state index is 12.0. The number of carbonyl (C=O) groups is 1. The first-order valence-electron chi connectivity index (χ1n) is 5.13. The molecule has 0 aromatic heterocycles. The molecule has 1 amide bonds. The predicted molar refractivity (Wildman–Crippen MR) is 61.8 cm³/mol. The van der Waals surface area contributed by atoms with Gasteiger partial charge in [-0.3, -0.25) is 4.79 Å². The Morgan fingerprint density at radius 3 is 2.78 bits per heavy atom. The molecule has 1 atom stereocenters. The number of rotatable bonds is 5. The molecule has 5 nitrogen and oxygen atoms in total. The van der Waals surface area contributed by atoms with E-state index in [1.807, 2.05) is 0 Å². The zero-order valence-electron chi connectivity index (χ0n) is 9.69. The van der Waals surface area contributed by atoms with Crippen molar-refractivity contribution in [1.29, 1.82) is 0 Å². The number of ether oxygens (including phenoxy) is 1. The summed E-state index contributed by atoms with van der Waals surface area (Å²) < 4.78 is 29.0. The molecular formula is C11H14F2N2O3. The minimum absolute atomic E-state index is 0.107.